The molecule has 0 spiro atoms. The standard InChI is InChI=1S/C25H24N2O2S/c1-25(2)13-21-24(22(28)14-25)20(17-6-10-19(30-3)11-7-17)12-23(29)27(21)18-8-4-16(15-26)5-9-18/h4-11,20H,12-14H2,1-3H3. The molecule has 4 rings (SSSR count). The molecule has 0 bridgehead atoms. The first-order valence-corrected chi connectivity index (χ1v) is 11.3. The Morgan fingerprint density at radius 3 is 2.30 bits per heavy atom. The van der Waals surface area contributed by atoms with E-state index >= 15 is 0 Å². The zero-order valence-corrected chi connectivity index (χ0v) is 18.3. The van der Waals surface area contributed by atoms with E-state index in [0.29, 0.717) is 24.1 Å². The summed E-state index contributed by atoms with van der Waals surface area (Å²) in [4.78, 5) is 29.5. The number of carbonyl (C=O) groups excluding carboxylic acids is 2. The lowest BCUT2D eigenvalue weighted by Crippen LogP contribution is -2.43. The van der Waals surface area contributed by atoms with Crippen LogP contribution in [0.5, 0.6) is 0 Å². The maximum atomic E-state index is 13.3. The zero-order valence-electron chi connectivity index (χ0n) is 17.4. The predicted molar refractivity (Wildman–Crippen MR) is 119 cm³/mol. The van der Waals surface area contributed by atoms with Gasteiger partial charge in [-0.1, -0.05) is 26.0 Å². The second-order valence-corrected chi connectivity index (χ2v) is 9.60. The molecule has 5 heteroatoms. The number of benzene rings is 2. The number of hydrogen-bond donors (Lipinski definition) is 0. The van der Waals surface area contributed by atoms with Crippen LogP contribution >= 0.6 is 11.8 Å². The van der Waals surface area contributed by atoms with Crippen LogP contribution in [0.15, 0.2) is 64.7 Å². The van der Waals surface area contributed by atoms with Gasteiger partial charge in [0.15, 0.2) is 5.78 Å². The van der Waals surface area contributed by atoms with Crippen LogP contribution in [0, 0.1) is 16.7 Å². The van der Waals surface area contributed by atoms with Gasteiger partial charge in [-0.2, -0.15) is 5.26 Å². The zero-order chi connectivity index (χ0) is 21.5. The van der Waals surface area contributed by atoms with Crippen LogP contribution < -0.4 is 4.90 Å². The molecule has 1 heterocycles. The summed E-state index contributed by atoms with van der Waals surface area (Å²) in [7, 11) is 0. The summed E-state index contributed by atoms with van der Waals surface area (Å²) < 4.78 is 0. The Kier molecular flexibility index (Phi) is 5.29. The highest BCUT2D eigenvalue weighted by molar-refractivity contribution is 7.98. The number of rotatable bonds is 3. The summed E-state index contributed by atoms with van der Waals surface area (Å²) in [5, 5.41) is 9.09. The third kappa shape index (κ3) is 3.68. The maximum Gasteiger partial charge on any atom is 0.232 e. The lowest BCUT2D eigenvalue weighted by molar-refractivity contribution is -0.121. The molecule has 1 unspecified atom stereocenters. The third-order valence-corrected chi connectivity index (χ3v) is 6.66. The molecule has 0 N–H and O–H groups in total. The first-order chi connectivity index (χ1) is 14.3. The van der Waals surface area contributed by atoms with E-state index in [2.05, 4.69) is 32.0 Å². The minimum atomic E-state index is -0.207. The number of allylic oxidation sites excluding steroid dienone is 2. The number of ketones is 1. The summed E-state index contributed by atoms with van der Waals surface area (Å²) in [6, 6.07) is 17.3. The Morgan fingerprint density at radius 1 is 1.03 bits per heavy atom. The molecule has 1 aliphatic heterocycles. The molecule has 0 radical (unpaired) electrons. The van der Waals surface area contributed by atoms with Gasteiger partial charge in [0.05, 0.1) is 11.6 Å². The summed E-state index contributed by atoms with van der Waals surface area (Å²) in [5.41, 5.74) is 3.66. The summed E-state index contributed by atoms with van der Waals surface area (Å²) >= 11 is 1.67. The Labute approximate surface area is 181 Å². The van der Waals surface area contributed by atoms with E-state index in [0.717, 1.165) is 21.7 Å². The van der Waals surface area contributed by atoms with Crippen LogP contribution in [0.3, 0.4) is 0 Å². The third-order valence-electron chi connectivity index (χ3n) is 5.92. The van der Waals surface area contributed by atoms with Crippen molar-refractivity contribution in [3.05, 3.63) is 70.9 Å². The highest BCUT2D eigenvalue weighted by atomic mass is 32.2. The van der Waals surface area contributed by atoms with Crippen LogP contribution in [0.1, 0.15) is 50.2 Å². The average molecular weight is 417 g/mol. The fraction of sp³-hybridized carbons (Fsp3) is 0.320. The number of amides is 1. The van der Waals surface area contributed by atoms with Crippen LogP contribution in [-0.4, -0.2) is 17.9 Å². The molecule has 0 fully saturated rings. The van der Waals surface area contributed by atoms with Gasteiger partial charge in [-0.05, 0) is 60.1 Å². The van der Waals surface area contributed by atoms with Gasteiger partial charge in [-0.25, -0.2) is 0 Å². The summed E-state index contributed by atoms with van der Waals surface area (Å²) in [6.07, 6.45) is 3.45. The van der Waals surface area contributed by atoms with Crippen molar-refractivity contribution in [2.24, 2.45) is 5.41 Å². The van der Waals surface area contributed by atoms with Crippen LogP contribution in [0.25, 0.3) is 0 Å². The molecule has 2 aromatic rings. The van der Waals surface area contributed by atoms with Crippen molar-refractivity contribution in [1.82, 2.24) is 0 Å². The second kappa shape index (κ2) is 7.77. The number of nitriles is 1. The largest absolute Gasteiger partial charge is 0.294 e. The molecule has 1 atom stereocenters. The molecule has 0 saturated carbocycles. The van der Waals surface area contributed by atoms with E-state index in [4.69, 9.17) is 5.26 Å². The smallest absolute Gasteiger partial charge is 0.232 e. The van der Waals surface area contributed by atoms with Gasteiger partial charge in [-0.15, -0.1) is 11.8 Å². The number of Topliss-reactive ketones (excluding diaryl/α,β-unsaturated/α-hetero) is 1. The number of thioether (sulfide) groups is 1. The maximum absolute atomic E-state index is 13.3. The van der Waals surface area contributed by atoms with Crippen molar-refractivity contribution in [2.75, 3.05) is 11.2 Å². The number of anilines is 1. The second-order valence-electron chi connectivity index (χ2n) is 8.72. The Morgan fingerprint density at radius 2 is 1.70 bits per heavy atom. The molecule has 2 aliphatic rings. The van der Waals surface area contributed by atoms with Gasteiger partial charge in [0.1, 0.15) is 0 Å². The molecule has 4 nitrogen and oxygen atoms in total. The molecule has 30 heavy (non-hydrogen) atoms. The van der Waals surface area contributed by atoms with Crippen LogP contribution in [0.2, 0.25) is 0 Å². The molecule has 1 amide bonds. The van der Waals surface area contributed by atoms with Crippen molar-refractivity contribution >= 4 is 29.1 Å². The van der Waals surface area contributed by atoms with Gasteiger partial charge < -0.3 is 0 Å². The van der Waals surface area contributed by atoms with Gasteiger partial charge in [0, 0.05) is 40.6 Å². The monoisotopic (exact) mass is 416 g/mol. The topological polar surface area (TPSA) is 61.2 Å². The quantitative estimate of drug-likeness (QED) is 0.625. The SMILES string of the molecule is CSc1ccc(C2CC(=O)N(c3ccc(C#N)cc3)C3=C2C(=O)CC(C)(C)C3)cc1. The minimum absolute atomic E-state index is 0.0112. The fourth-order valence-corrected chi connectivity index (χ4v) is 4.93. The van der Waals surface area contributed by atoms with E-state index in [-0.39, 0.29) is 29.4 Å². The lowest BCUT2D eigenvalue weighted by atomic mass is 9.69. The predicted octanol–water partition coefficient (Wildman–Crippen LogP) is 5.44. The lowest BCUT2D eigenvalue weighted by Gasteiger charge is -2.43. The van der Waals surface area contributed by atoms with Gasteiger partial charge >= 0.3 is 0 Å². The van der Waals surface area contributed by atoms with Gasteiger partial charge in [0.2, 0.25) is 5.91 Å². The van der Waals surface area contributed by atoms with E-state index in [1.54, 1.807) is 40.9 Å². The van der Waals surface area contributed by atoms with Crippen molar-refractivity contribution in [1.29, 1.82) is 5.26 Å². The number of carbonyl (C=O) groups is 2. The Hall–Kier alpha value is -2.84. The molecular formula is C25H24N2O2S. The first-order valence-electron chi connectivity index (χ1n) is 10.1. The molecule has 0 saturated heterocycles. The summed E-state index contributed by atoms with van der Waals surface area (Å²) in [6.45, 7) is 4.15. The number of hydrogen-bond acceptors (Lipinski definition) is 4. The van der Waals surface area contributed by atoms with E-state index in [1.807, 2.05) is 18.4 Å². The number of nitrogens with zero attached hydrogens (tertiary/aromatic N) is 2. The van der Waals surface area contributed by atoms with Crippen molar-refractivity contribution in [3.63, 3.8) is 0 Å². The average Bonchev–Trinajstić information content (AvgIpc) is 2.72. The van der Waals surface area contributed by atoms with Crippen molar-refractivity contribution < 1.29 is 9.59 Å². The molecule has 1 aliphatic carbocycles. The highest BCUT2D eigenvalue weighted by Gasteiger charge is 2.44. The van der Waals surface area contributed by atoms with Crippen LogP contribution in [0.4, 0.5) is 5.69 Å². The summed E-state index contributed by atoms with van der Waals surface area (Å²) in [5.74, 6) is -0.0872. The molecule has 0 aromatic heterocycles. The minimum Gasteiger partial charge on any atom is -0.294 e. The van der Waals surface area contributed by atoms with Crippen molar-refractivity contribution in [2.45, 2.75) is 43.9 Å². The molecule has 152 valence electrons. The highest BCUT2D eigenvalue weighted by Crippen LogP contribution is 2.48. The molecular weight excluding hydrogens is 392 g/mol. The van der Waals surface area contributed by atoms with Crippen LogP contribution in [-0.2, 0) is 9.59 Å². The normalized spacial score (nSPS) is 20.7. The van der Waals surface area contributed by atoms with Gasteiger partial charge in [0.25, 0.3) is 0 Å². The van der Waals surface area contributed by atoms with E-state index < -0.39 is 0 Å². The fourth-order valence-electron chi connectivity index (χ4n) is 4.52. The Balaban J connectivity index is 1.85. The molecule has 2 aromatic carbocycles. The van der Waals surface area contributed by atoms with E-state index in [1.165, 1.54) is 0 Å². The van der Waals surface area contributed by atoms with Crippen molar-refractivity contribution in [3.8, 4) is 6.07 Å². The van der Waals surface area contributed by atoms with E-state index in [9.17, 15) is 9.59 Å². The van der Waals surface area contributed by atoms with Gasteiger partial charge in [-0.3, -0.25) is 14.5 Å². The first kappa shape index (κ1) is 20.4. The Bertz CT molecular complexity index is 1080.